The fraction of sp³-hybridized carbons (Fsp3) is 0.0556. The SMILES string of the molecule is NC(=O)c1cc(N)nc(-c2ccc(C(=O)c3ccc(C(F)(F)F)cn3)cc2)n1. The highest BCUT2D eigenvalue weighted by Gasteiger charge is 2.31. The molecule has 3 rings (SSSR count). The van der Waals surface area contributed by atoms with E-state index in [1.807, 2.05) is 0 Å². The monoisotopic (exact) mass is 387 g/mol. The molecule has 0 unspecified atom stereocenters. The summed E-state index contributed by atoms with van der Waals surface area (Å²) in [4.78, 5) is 35.3. The van der Waals surface area contributed by atoms with Crippen LogP contribution in [-0.2, 0) is 6.18 Å². The van der Waals surface area contributed by atoms with Crippen molar-refractivity contribution in [1.29, 1.82) is 0 Å². The van der Waals surface area contributed by atoms with Gasteiger partial charge in [0.15, 0.2) is 5.82 Å². The van der Waals surface area contributed by atoms with E-state index in [1.54, 1.807) is 0 Å². The van der Waals surface area contributed by atoms with E-state index in [9.17, 15) is 22.8 Å². The maximum atomic E-state index is 12.6. The number of benzene rings is 1. The third kappa shape index (κ3) is 3.95. The molecule has 28 heavy (non-hydrogen) atoms. The standard InChI is InChI=1S/C18H12F3N5O2/c19-18(20,21)11-5-6-12(24-8-11)15(27)9-1-3-10(4-2-9)17-25-13(16(23)28)7-14(22)26-17/h1-8H,(H2,23,28)(H2,22,25,26). The van der Waals surface area contributed by atoms with Gasteiger partial charge in [0.2, 0.25) is 5.78 Å². The lowest BCUT2D eigenvalue weighted by Crippen LogP contribution is -2.14. The van der Waals surface area contributed by atoms with Gasteiger partial charge in [-0.2, -0.15) is 13.2 Å². The number of alkyl halides is 3. The molecule has 0 spiro atoms. The molecule has 0 aliphatic rings. The largest absolute Gasteiger partial charge is 0.417 e. The molecule has 2 heterocycles. The summed E-state index contributed by atoms with van der Waals surface area (Å²) in [7, 11) is 0. The number of anilines is 1. The fourth-order valence-corrected chi connectivity index (χ4v) is 2.34. The zero-order valence-electron chi connectivity index (χ0n) is 14.1. The fourth-order valence-electron chi connectivity index (χ4n) is 2.34. The van der Waals surface area contributed by atoms with Crippen LogP contribution >= 0.6 is 0 Å². The van der Waals surface area contributed by atoms with Gasteiger partial charge < -0.3 is 11.5 Å². The molecule has 7 nitrogen and oxygen atoms in total. The number of nitrogens with two attached hydrogens (primary N) is 2. The van der Waals surface area contributed by atoms with E-state index in [2.05, 4.69) is 15.0 Å². The summed E-state index contributed by atoms with van der Waals surface area (Å²) in [5.74, 6) is -1.13. The van der Waals surface area contributed by atoms with Gasteiger partial charge in [0, 0.05) is 23.4 Å². The van der Waals surface area contributed by atoms with Gasteiger partial charge in [0.25, 0.3) is 5.91 Å². The Hall–Kier alpha value is -3.82. The first-order valence-electron chi connectivity index (χ1n) is 7.78. The highest BCUT2D eigenvalue weighted by molar-refractivity contribution is 6.07. The number of hydrogen-bond donors (Lipinski definition) is 2. The van der Waals surface area contributed by atoms with Crippen LogP contribution in [0.3, 0.4) is 0 Å². The van der Waals surface area contributed by atoms with Crippen LogP contribution in [0.1, 0.15) is 32.1 Å². The van der Waals surface area contributed by atoms with Crippen molar-refractivity contribution in [2.45, 2.75) is 6.18 Å². The lowest BCUT2D eigenvalue weighted by molar-refractivity contribution is -0.137. The molecule has 3 aromatic rings. The summed E-state index contributed by atoms with van der Waals surface area (Å²) in [5, 5.41) is 0. The van der Waals surface area contributed by atoms with E-state index < -0.39 is 23.4 Å². The number of halogens is 3. The van der Waals surface area contributed by atoms with E-state index in [1.165, 1.54) is 30.3 Å². The summed E-state index contributed by atoms with van der Waals surface area (Å²) < 4.78 is 37.7. The van der Waals surface area contributed by atoms with Crippen LogP contribution in [0.2, 0.25) is 0 Å². The third-order valence-electron chi connectivity index (χ3n) is 3.73. The number of nitrogens with zero attached hydrogens (tertiary/aromatic N) is 3. The van der Waals surface area contributed by atoms with Gasteiger partial charge in [0.05, 0.1) is 5.56 Å². The van der Waals surface area contributed by atoms with Crippen LogP contribution < -0.4 is 11.5 Å². The highest BCUT2D eigenvalue weighted by Crippen LogP contribution is 2.28. The molecule has 0 fully saturated rings. The van der Waals surface area contributed by atoms with Crippen molar-refractivity contribution < 1.29 is 22.8 Å². The maximum Gasteiger partial charge on any atom is 0.417 e. The quantitative estimate of drug-likeness (QED) is 0.663. The van der Waals surface area contributed by atoms with Crippen LogP contribution in [0.5, 0.6) is 0 Å². The van der Waals surface area contributed by atoms with Crippen molar-refractivity contribution in [2.24, 2.45) is 5.73 Å². The third-order valence-corrected chi connectivity index (χ3v) is 3.73. The van der Waals surface area contributed by atoms with Gasteiger partial charge in [-0.3, -0.25) is 14.6 Å². The second-order valence-electron chi connectivity index (χ2n) is 5.70. The molecule has 0 aliphatic heterocycles. The average molecular weight is 387 g/mol. The summed E-state index contributed by atoms with van der Waals surface area (Å²) in [6.45, 7) is 0. The van der Waals surface area contributed by atoms with Crippen LogP contribution in [0.15, 0.2) is 48.7 Å². The van der Waals surface area contributed by atoms with Crippen molar-refractivity contribution in [3.05, 3.63) is 71.2 Å². The van der Waals surface area contributed by atoms with Crippen molar-refractivity contribution in [1.82, 2.24) is 15.0 Å². The normalized spacial score (nSPS) is 11.2. The minimum absolute atomic E-state index is 0.0490. The minimum Gasteiger partial charge on any atom is -0.384 e. The number of nitrogen functional groups attached to an aromatic ring is 1. The maximum absolute atomic E-state index is 12.6. The van der Waals surface area contributed by atoms with Crippen LogP contribution in [-0.4, -0.2) is 26.6 Å². The second-order valence-corrected chi connectivity index (χ2v) is 5.70. The van der Waals surface area contributed by atoms with Gasteiger partial charge in [-0.05, 0) is 12.1 Å². The number of carbonyl (C=O) groups excluding carboxylic acids is 2. The first-order chi connectivity index (χ1) is 13.1. The number of carbonyl (C=O) groups is 2. The Bertz CT molecular complexity index is 1050. The van der Waals surface area contributed by atoms with E-state index in [-0.39, 0.29) is 28.6 Å². The van der Waals surface area contributed by atoms with Crippen molar-refractivity contribution in [3.63, 3.8) is 0 Å². The van der Waals surface area contributed by atoms with Gasteiger partial charge in [-0.25, -0.2) is 9.97 Å². The van der Waals surface area contributed by atoms with E-state index in [0.29, 0.717) is 11.8 Å². The molecule has 4 N–H and O–H groups in total. The molecule has 0 aliphatic carbocycles. The molecule has 0 saturated carbocycles. The molecule has 1 amide bonds. The molecule has 142 valence electrons. The minimum atomic E-state index is -4.53. The number of ketones is 1. The lowest BCUT2D eigenvalue weighted by atomic mass is 10.0. The number of amides is 1. The predicted molar refractivity (Wildman–Crippen MR) is 93.1 cm³/mol. The number of pyridine rings is 1. The van der Waals surface area contributed by atoms with Gasteiger partial charge in [-0.1, -0.05) is 24.3 Å². The highest BCUT2D eigenvalue weighted by atomic mass is 19.4. The summed E-state index contributed by atoms with van der Waals surface area (Å²) in [6, 6.07) is 8.94. The Kier molecular flexibility index (Phi) is 4.78. The predicted octanol–water partition coefficient (Wildman–Crippen LogP) is 2.47. The first-order valence-corrected chi connectivity index (χ1v) is 7.78. The van der Waals surface area contributed by atoms with Crippen molar-refractivity contribution >= 4 is 17.5 Å². The first kappa shape index (κ1) is 19.0. The number of hydrogen-bond acceptors (Lipinski definition) is 6. The smallest absolute Gasteiger partial charge is 0.384 e. The summed E-state index contributed by atoms with van der Waals surface area (Å²) >= 11 is 0. The van der Waals surface area contributed by atoms with Crippen LogP contribution in [0.4, 0.5) is 19.0 Å². The van der Waals surface area contributed by atoms with Crippen LogP contribution in [0, 0.1) is 0 Å². The molecule has 0 bridgehead atoms. The molecule has 0 atom stereocenters. The summed E-state index contributed by atoms with van der Waals surface area (Å²) in [6.07, 6.45) is -3.93. The Morgan fingerprint density at radius 1 is 0.929 bits per heavy atom. The second kappa shape index (κ2) is 7.06. The number of rotatable bonds is 4. The topological polar surface area (TPSA) is 125 Å². The summed E-state index contributed by atoms with van der Waals surface area (Å²) in [5.41, 5.74) is 10.4. The van der Waals surface area contributed by atoms with Crippen molar-refractivity contribution in [3.8, 4) is 11.4 Å². The van der Waals surface area contributed by atoms with E-state index in [0.717, 1.165) is 12.1 Å². The number of primary amides is 1. The molecule has 1 aromatic carbocycles. The van der Waals surface area contributed by atoms with Gasteiger partial charge in [-0.15, -0.1) is 0 Å². The Balaban J connectivity index is 1.86. The van der Waals surface area contributed by atoms with E-state index in [4.69, 9.17) is 11.5 Å². The van der Waals surface area contributed by atoms with Gasteiger partial charge in [0.1, 0.15) is 17.2 Å². The van der Waals surface area contributed by atoms with Gasteiger partial charge >= 0.3 is 6.18 Å². The Morgan fingerprint density at radius 3 is 2.14 bits per heavy atom. The van der Waals surface area contributed by atoms with Crippen molar-refractivity contribution in [2.75, 3.05) is 5.73 Å². The average Bonchev–Trinajstić information content (AvgIpc) is 2.66. The lowest BCUT2D eigenvalue weighted by Gasteiger charge is -2.07. The molecular formula is C18H12F3N5O2. The number of aromatic nitrogens is 3. The Labute approximate surface area is 156 Å². The molecular weight excluding hydrogens is 375 g/mol. The zero-order valence-corrected chi connectivity index (χ0v) is 14.1. The van der Waals surface area contributed by atoms with Crippen LogP contribution in [0.25, 0.3) is 11.4 Å². The molecule has 0 radical (unpaired) electrons. The Morgan fingerprint density at radius 2 is 1.61 bits per heavy atom. The zero-order chi connectivity index (χ0) is 20.5. The molecule has 0 saturated heterocycles. The molecule has 10 heteroatoms. The molecule has 2 aromatic heterocycles. The van der Waals surface area contributed by atoms with E-state index >= 15 is 0 Å².